The van der Waals surface area contributed by atoms with Crippen molar-refractivity contribution in [3.05, 3.63) is 36.5 Å². The number of hydrogen-bond donors (Lipinski definition) is 2. The molecule has 6 heteroatoms. The van der Waals surface area contributed by atoms with Crippen molar-refractivity contribution in [2.24, 2.45) is 0 Å². The van der Waals surface area contributed by atoms with E-state index in [0.717, 1.165) is 37.4 Å². The molecule has 1 unspecified atom stereocenters. The summed E-state index contributed by atoms with van der Waals surface area (Å²) in [7, 11) is 0. The van der Waals surface area contributed by atoms with Gasteiger partial charge in [0.2, 0.25) is 5.91 Å². The molecule has 3 rings (SSSR count). The lowest BCUT2D eigenvalue weighted by molar-refractivity contribution is -0.118. The Morgan fingerprint density at radius 2 is 2.29 bits per heavy atom. The van der Waals surface area contributed by atoms with Crippen molar-refractivity contribution in [3.8, 4) is 5.82 Å². The number of aryl methyl sites for hydroxylation is 1. The van der Waals surface area contributed by atoms with Crippen LogP contribution in [-0.2, 0) is 4.79 Å². The Hall–Kier alpha value is -2.21. The second-order valence-corrected chi connectivity index (χ2v) is 5.24. The average molecular weight is 285 g/mol. The maximum Gasteiger partial charge on any atom is 0.241 e. The number of pyridine rings is 1. The van der Waals surface area contributed by atoms with Gasteiger partial charge in [0, 0.05) is 12.4 Å². The van der Waals surface area contributed by atoms with Crippen LogP contribution in [0.25, 0.3) is 5.82 Å². The minimum absolute atomic E-state index is 0.0167. The van der Waals surface area contributed by atoms with Crippen LogP contribution < -0.4 is 10.6 Å². The van der Waals surface area contributed by atoms with Crippen molar-refractivity contribution in [1.29, 1.82) is 0 Å². The van der Waals surface area contributed by atoms with E-state index in [2.05, 4.69) is 20.6 Å². The molecule has 0 spiro atoms. The van der Waals surface area contributed by atoms with Gasteiger partial charge < -0.3 is 10.6 Å². The third-order valence-corrected chi connectivity index (χ3v) is 3.71. The van der Waals surface area contributed by atoms with Crippen molar-refractivity contribution >= 4 is 11.6 Å². The summed E-state index contributed by atoms with van der Waals surface area (Å²) in [6.07, 6.45) is 8.41. The molecule has 1 aliphatic rings. The van der Waals surface area contributed by atoms with E-state index in [4.69, 9.17) is 0 Å². The minimum atomic E-state index is -0.0886. The number of hydrogen-bond acceptors (Lipinski definition) is 4. The van der Waals surface area contributed by atoms with Gasteiger partial charge in [-0.1, -0.05) is 6.42 Å². The van der Waals surface area contributed by atoms with Gasteiger partial charge in [-0.15, -0.1) is 0 Å². The van der Waals surface area contributed by atoms with Gasteiger partial charge in [-0.05, 0) is 38.4 Å². The van der Waals surface area contributed by atoms with Crippen LogP contribution in [0.3, 0.4) is 0 Å². The normalized spacial score (nSPS) is 18.4. The van der Waals surface area contributed by atoms with Crippen molar-refractivity contribution in [1.82, 2.24) is 19.9 Å². The zero-order valence-corrected chi connectivity index (χ0v) is 12.0. The number of imidazole rings is 1. The SMILES string of the molecule is Cc1nccn1-c1ccc(NC(=O)C2CCCCN2)cn1. The summed E-state index contributed by atoms with van der Waals surface area (Å²) < 4.78 is 1.90. The molecule has 0 aliphatic carbocycles. The fourth-order valence-corrected chi connectivity index (χ4v) is 2.53. The Morgan fingerprint density at radius 1 is 1.38 bits per heavy atom. The van der Waals surface area contributed by atoms with E-state index in [9.17, 15) is 4.79 Å². The zero-order chi connectivity index (χ0) is 14.7. The van der Waals surface area contributed by atoms with E-state index < -0.39 is 0 Å². The summed E-state index contributed by atoms with van der Waals surface area (Å²) in [6.45, 7) is 2.83. The van der Waals surface area contributed by atoms with E-state index in [0.29, 0.717) is 5.69 Å². The monoisotopic (exact) mass is 285 g/mol. The Balaban J connectivity index is 1.67. The molecule has 1 saturated heterocycles. The van der Waals surface area contributed by atoms with Gasteiger partial charge in [-0.25, -0.2) is 9.97 Å². The number of nitrogens with zero attached hydrogens (tertiary/aromatic N) is 3. The minimum Gasteiger partial charge on any atom is -0.323 e. The van der Waals surface area contributed by atoms with Crippen LogP contribution in [0.1, 0.15) is 25.1 Å². The third-order valence-electron chi connectivity index (χ3n) is 3.71. The molecule has 1 atom stereocenters. The Labute approximate surface area is 123 Å². The first-order valence-corrected chi connectivity index (χ1v) is 7.24. The molecule has 0 bridgehead atoms. The second kappa shape index (κ2) is 6.05. The molecule has 1 amide bonds. The third kappa shape index (κ3) is 3.11. The topological polar surface area (TPSA) is 71.8 Å². The molecule has 21 heavy (non-hydrogen) atoms. The molecule has 2 aromatic rings. The lowest BCUT2D eigenvalue weighted by atomic mass is 10.0. The fraction of sp³-hybridized carbons (Fsp3) is 0.400. The number of carbonyl (C=O) groups excluding carboxylic acids is 1. The number of aromatic nitrogens is 3. The summed E-state index contributed by atoms with van der Waals surface area (Å²) in [5, 5.41) is 6.15. The highest BCUT2D eigenvalue weighted by atomic mass is 16.2. The highest BCUT2D eigenvalue weighted by Crippen LogP contribution is 2.13. The predicted octanol–water partition coefficient (Wildman–Crippen LogP) is 1.66. The largest absolute Gasteiger partial charge is 0.323 e. The number of rotatable bonds is 3. The number of amides is 1. The van der Waals surface area contributed by atoms with Gasteiger partial charge in [-0.2, -0.15) is 0 Å². The van der Waals surface area contributed by atoms with Gasteiger partial charge in [0.05, 0.1) is 17.9 Å². The molecule has 2 aromatic heterocycles. The van der Waals surface area contributed by atoms with Gasteiger partial charge >= 0.3 is 0 Å². The van der Waals surface area contributed by atoms with Crippen molar-refractivity contribution in [3.63, 3.8) is 0 Å². The first-order valence-electron chi connectivity index (χ1n) is 7.24. The molecule has 110 valence electrons. The van der Waals surface area contributed by atoms with Crippen molar-refractivity contribution < 1.29 is 4.79 Å². The van der Waals surface area contributed by atoms with Crippen LogP contribution in [0, 0.1) is 6.92 Å². The second-order valence-electron chi connectivity index (χ2n) is 5.24. The van der Waals surface area contributed by atoms with Gasteiger partial charge in [0.25, 0.3) is 0 Å². The molecule has 0 radical (unpaired) electrons. The molecule has 2 N–H and O–H groups in total. The highest BCUT2D eigenvalue weighted by Gasteiger charge is 2.20. The lowest BCUT2D eigenvalue weighted by Crippen LogP contribution is -2.43. The molecular formula is C15H19N5O. The van der Waals surface area contributed by atoms with Crippen LogP contribution in [0.2, 0.25) is 0 Å². The quantitative estimate of drug-likeness (QED) is 0.899. The maximum atomic E-state index is 12.1. The van der Waals surface area contributed by atoms with E-state index in [1.807, 2.05) is 29.8 Å². The van der Waals surface area contributed by atoms with Gasteiger partial charge in [0.1, 0.15) is 11.6 Å². The van der Waals surface area contributed by atoms with Crippen LogP contribution in [-0.4, -0.2) is 33.0 Å². The van der Waals surface area contributed by atoms with E-state index in [1.165, 1.54) is 0 Å². The van der Waals surface area contributed by atoms with Crippen LogP contribution >= 0.6 is 0 Å². The predicted molar refractivity (Wildman–Crippen MR) is 80.4 cm³/mol. The van der Waals surface area contributed by atoms with Crippen LogP contribution in [0.15, 0.2) is 30.7 Å². The standard InChI is InChI=1S/C15H19N5O/c1-11-16-8-9-20(11)14-6-5-12(10-18-14)19-15(21)13-4-2-3-7-17-13/h5-6,8-10,13,17H,2-4,7H2,1H3,(H,19,21). The zero-order valence-electron chi connectivity index (χ0n) is 12.0. The molecule has 3 heterocycles. The number of nitrogens with one attached hydrogen (secondary N) is 2. The van der Waals surface area contributed by atoms with Gasteiger partial charge in [0.15, 0.2) is 0 Å². The van der Waals surface area contributed by atoms with Crippen LogP contribution in [0.5, 0.6) is 0 Å². The molecule has 0 aromatic carbocycles. The van der Waals surface area contributed by atoms with Crippen LogP contribution in [0.4, 0.5) is 5.69 Å². The first-order chi connectivity index (χ1) is 10.2. The highest BCUT2D eigenvalue weighted by molar-refractivity contribution is 5.94. The summed E-state index contributed by atoms with van der Waals surface area (Å²) >= 11 is 0. The average Bonchev–Trinajstić information content (AvgIpc) is 2.95. The first kappa shape index (κ1) is 13.8. The molecule has 6 nitrogen and oxygen atoms in total. The Morgan fingerprint density at radius 3 is 2.90 bits per heavy atom. The van der Waals surface area contributed by atoms with E-state index in [-0.39, 0.29) is 11.9 Å². The van der Waals surface area contributed by atoms with E-state index >= 15 is 0 Å². The lowest BCUT2D eigenvalue weighted by Gasteiger charge is -2.22. The maximum absolute atomic E-state index is 12.1. The van der Waals surface area contributed by atoms with Gasteiger partial charge in [-0.3, -0.25) is 9.36 Å². The molecular weight excluding hydrogens is 266 g/mol. The summed E-state index contributed by atoms with van der Waals surface area (Å²) in [5.41, 5.74) is 0.717. The fourth-order valence-electron chi connectivity index (χ4n) is 2.53. The van der Waals surface area contributed by atoms with E-state index in [1.54, 1.807) is 12.4 Å². The Kier molecular flexibility index (Phi) is 3.96. The molecule has 1 fully saturated rings. The molecule has 1 aliphatic heterocycles. The summed E-state index contributed by atoms with van der Waals surface area (Å²) in [4.78, 5) is 20.7. The number of anilines is 1. The number of piperidine rings is 1. The van der Waals surface area contributed by atoms with Crippen molar-refractivity contribution in [2.45, 2.75) is 32.2 Å². The summed E-state index contributed by atoms with van der Waals surface area (Å²) in [5.74, 6) is 1.69. The Bertz CT molecular complexity index is 613. The van der Waals surface area contributed by atoms with Crippen molar-refractivity contribution in [2.75, 3.05) is 11.9 Å². The summed E-state index contributed by atoms with van der Waals surface area (Å²) in [6, 6.07) is 3.65. The number of carbonyl (C=O) groups is 1. The molecule has 0 saturated carbocycles. The smallest absolute Gasteiger partial charge is 0.241 e.